The smallest absolute Gasteiger partial charge is 0.277 e. The van der Waals surface area contributed by atoms with Gasteiger partial charge in [-0.25, -0.2) is 10.1 Å². The van der Waals surface area contributed by atoms with Crippen LogP contribution in [0.1, 0.15) is 5.56 Å². The fourth-order valence-corrected chi connectivity index (χ4v) is 3.46. The number of halogens is 2. The first kappa shape index (κ1) is 23.4. The van der Waals surface area contributed by atoms with Crippen LogP contribution in [-0.4, -0.2) is 35.6 Å². The van der Waals surface area contributed by atoms with Gasteiger partial charge in [-0.1, -0.05) is 47.5 Å². The minimum Gasteiger partial charge on any atom is -0.497 e. The van der Waals surface area contributed by atoms with Crippen molar-refractivity contribution in [2.45, 2.75) is 0 Å². The Kier molecular flexibility index (Phi) is 7.47. The van der Waals surface area contributed by atoms with Crippen LogP contribution in [0.2, 0.25) is 10.0 Å². The monoisotopic (exact) mass is 494 g/mol. The molecule has 0 aliphatic carbocycles. The molecule has 0 radical (unpaired) electrons. The lowest BCUT2D eigenvalue weighted by atomic mass is 10.1. The molecule has 0 spiro atoms. The van der Waals surface area contributed by atoms with Crippen LogP contribution in [0.15, 0.2) is 84.1 Å². The van der Waals surface area contributed by atoms with E-state index in [4.69, 9.17) is 37.8 Å². The number of amides is 1. The summed E-state index contributed by atoms with van der Waals surface area (Å²) in [5, 5.41) is 9.39. The molecule has 0 bridgehead atoms. The number of methoxy groups -OCH3 is 1. The molecule has 4 rings (SSSR count). The molecule has 172 valence electrons. The first-order chi connectivity index (χ1) is 16.5. The molecule has 1 amide bonds. The maximum Gasteiger partial charge on any atom is 0.277 e. The number of carbonyl (C=O) groups is 1. The van der Waals surface area contributed by atoms with E-state index in [1.807, 2.05) is 60.8 Å². The first-order valence-corrected chi connectivity index (χ1v) is 11.0. The molecule has 0 saturated heterocycles. The summed E-state index contributed by atoms with van der Waals surface area (Å²) >= 11 is 12.0. The van der Waals surface area contributed by atoms with Gasteiger partial charge in [-0.3, -0.25) is 4.79 Å². The topological polar surface area (TPSA) is 77.7 Å². The molecule has 1 heterocycles. The lowest BCUT2D eigenvalue weighted by Crippen LogP contribution is -2.24. The largest absolute Gasteiger partial charge is 0.497 e. The molecule has 0 saturated carbocycles. The zero-order valence-electron chi connectivity index (χ0n) is 18.1. The Balaban J connectivity index is 1.50. The third kappa shape index (κ3) is 5.57. The van der Waals surface area contributed by atoms with Gasteiger partial charge >= 0.3 is 0 Å². The molecule has 0 aliphatic heterocycles. The zero-order valence-corrected chi connectivity index (χ0v) is 19.6. The number of nitrogens with zero attached hydrogens (tertiary/aromatic N) is 3. The number of hydrazone groups is 1. The van der Waals surface area contributed by atoms with Crippen molar-refractivity contribution in [3.63, 3.8) is 0 Å². The lowest BCUT2D eigenvalue weighted by molar-refractivity contribution is -0.123. The number of benzene rings is 3. The van der Waals surface area contributed by atoms with Crippen LogP contribution in [0.3, 0.4) is 0 Å². The van der Waals surface area contributed by atoms with Crippen LogP contribution in [-0.2, 0) is 4.79 Å². The van der Waals surface area contributed by atoms with Crippen molar-refractivity contribution in [3.05, 3.63) is 94.6 Å². The van der Waals surface area contributed by atoms with E-state index < -0.39 is 5.91 Å². The highest BCUT2D eigenvalue weighted by Gasteiger charge is 2.12. The standard InChI is InChI=1S/C25H20Cl2N4O3/c1-33-20-12-10-17(11-13-20)25-18(15-31(30-25)19-6-3-2-4-7-19)14-28-29-23(32)16-34-22-9-5-8-21(26)24(22)27/h2-15H,16H2,1H3,(H,29,32)/b28-14-. The number of hydrogen-bond donors (Lipinski definition) is 1. The predicted molar refractivity (Wildman–Crippen MR) is 133 cm³/mol. The quantitative estimate of drug-likeness (QED) is 0.263. The van der Waals surface area contributed by atoms with Gasteiger partial charge in [0.1, 0.15) is 22.2 Å². The van der Waals surface area contributed by atoms with Crippen molar-refractivity contribution >= 4 is 35.3 Å². The van der Waals surface area contributed by atoms with Gasteiger partial charge in [0.15, 0.2) is 6.61 Å². The van der Waals surface area contributed by atoms with E-state index in [0.717, 1.165) is 17.0 Å². The lowest BCUT2D eigenvalue weighted by Gasteiger charge is -2.07. The Labute approximate surface area is 206 Å². The van der Waals surface area contributed by atoms with Crippen LogP contribution in [0.5, 0.6) is 11.5 Å². The Bertz CT molecular complexity index is 1310. The molecule has 0 atom stereocenters. The predicted octanol–water partition coefficient (Wildman–Crippen LogP) is 5.38. The van der Waals surface area contributed by atoms with Gasteiger partial charge in [-0.15, -0.1) is 0 Å². The Morgan fingerprint density at radius 1 is 1.06 bits per heavy atom. The van der Waals surface area contributed by atoms with Gasteiger partial charge in [0.05, 0.1) is 24.0 Å². The summed E-state index contributed by atoms with van der Waals surface area (Å²) in [4.78, 5) is 12.2. The highest BCUT2D eigenvalue weighted by molar-refractivity contribution is 6.42. The van der Waals surface area contributed by atoms with Crippen LogP contribution < -0.4 is 14.9 Å². The van der Waals surface area contributed by atoms with E-state index in [2.05, 4.69) is 10.5 Å². The first-order valence-electron chi connectivity index (χ1n) is 10.2. The van der Waals surface area contributed by atoms with E-state index in [1.165, 1.54) is 6.21 Å². The number of rotatable bonds is 8. The molecule has 7 nitrogen and oxygen atoms in total. The molecule has 9 heteroatoms. The third-order valence-corrected chi connectivity index (χ3v) is 5.60. The van der Waals surface area contributed by atoms with Gasteiger partial charge in [0.2, 0.25) is 0 Å². The normalized spacial score (nSPS) is 10.9. The highest BCUT2D eigenvalue weighted by atomic mass is 35.5. The van der Waals surface area contributed by atoms with Gasteiger partial charge in [0, 0.05) is 17.3 Å². The molecular weight excluding hydrogens is 475 g/mol. The summed E-state index contributed by atoms with van der Waals surface area (Å²) in [6.07, 6.45) is 3.38. The second-order valence-electron chi connectivity index (χ2n) is 7.08. The van der Waals surface area contributed by atoms with E-state index in [-0.39, 0.29) is 11.6 Å². The van der Waals surface area contributed by atoms with Crippen LogP contribution in [0.25, 0.3) is 16.9 Å². The average molecular weight is 495 g/mol. The van der Waals surface area contributed by atoms with Gasteiger partial charge < -0.3 is 9.47 Å². The van der Waals surface area contributed by atoms with Crippen molar-refractivity contribution in [2.24, 2.45) is 5.10 Å². The number of nitrogens with one attached hydrogen (secondary N) is 1. The minimum absolute atomic E-state index is 0.248. The number of hydrogen-bond acceptors (Lipinski definition) is 5. The molecule has 0 unspecified atom stereocenters. The highest BCUT2D eigenvalue weighted by Crippen LogP contribution is 2.31. The molecule has 0 fully saturated rings. The van der Waals surface area contributed by atoms with Crippen molar-refractivity contribution in [1.82, 2.24) is 15.2 Å². The molecule has 4 aromatic rings. The molecular formula is C25H20Cl2N4O3. The molecule has 3 aromatic carbocycles. The summed E-state index contributed by atoms with van der Waals surface area (Å²) in [7, 11) is 1.62. The summed E-state index contributed by atoms with van der Waals surface area (Å²) < 4.78 is 12.4. The SMILES string of the molecule is COc1ccc(-c2nn(-c3ccccc3)cc2/C=N\NC(=O)COc2cccc(Cl)c2Cl)cc1. The Morgan fingerprint density at radius 2 is 1.82 bits per heavy atom. The van der Waals surface area contributed by atoms with Gasteiger partial charge in [0.25, 0.3) is 5.91 Å². The van der Waals surface area contributed by atoms with Gasteiger partial charge in [-0.05, 0) is 48.5 Å². The maximum absolute atomic E-state index is 12.2. The van der Waals surface area contributed by atoms with Crippen molar-refractivity contribution in [3.8, 4) is 28.4 Å². The summed E-state index contributed by atoms with van der Waals surface area (Å²) in [6.45, 7) is -0.272. The third-order valence-electron chi connectivity index (χ3n) is 4.79. The van der Waals surface area contributed by atoms with Crippen LogP contribution in [0, 0.1) is 0 Å². The molecule has 34 heavy (non-hydrogen) atoms. The van der Waals surface area contributed by atoms with E-state index in [1.54, 1.807) is 30.0 Å². The average Bonchev–Trinajstić information content (AvgIpc) is 3.29. The molecule has 1 N–H and O–H groups in total. The van der Waals surface area contributed by atoms with Crippen molar-refractivity contribution in [2.75, 3.05) is 13.7 Å². The van der Waals surface area contributed by atoms with Crippen LogP contribution in [0.4, 0.5) is 0 Å². The van der Waals surface area contributed by atoms with Gasteiger partial charge in [-0.2, -0.15) is 10.2 Å². The number of carbonyl (C=O) groups excluding carboxylic acids is 1. The molecule has 1 aromatic heterocycles. The van der Waals surface area contributed by atoms with E-state index in [9.17, 15) is 4.79 Å². The van der Waals surface area contributed by atoms with E-state index in [0.29, 0.717) is 22.0 Å². The maximum atomic E-state index is 12.2. The molecule has 0 aliphatic rings. The summed E-state index contributed by atoms with van der Waals surface area (Å²) in [6, 6.07) is 22.2. The fourth-order valence-electron chi connectivity index (χ4n) is 3.11. The van der Waals surface area contributed by atoms with E-state index >= 15 is 0 Å². The van der Waals surface area contributed by atoms with Crippen LogP contribution >= 0.6 is 23.2 Å². The Morgan fingerprint density at radius 3 is 2.56 bits per heavy atom. The number of ether oxygens (including phenoxy) is 2. The van der Waals surface area contributed by atoms with Crippen molar-refractivity contribution < 1.29 is 14.3 Å². The second-order valence-corrected chi connectivity index (χ2v) is 7.86. The summed E-state index contributed by atoms with van der Waals surface area (Å²) in [5.41, 5.74) is 5.64. The van der Waals surface area contributed by atoms with Crippen molar-refractivity contribution in [1.29, 1.82) is 0 Å². The zero-order chi connectivity index (χ0) is 23.9. The fraction of sp³-hybridized carbons (Fsp3) is 0.0800. The number of aromatic nitrogens is 2. The summed E-state index contributed by atoms with van der Waals surface area (Å²) in [5.74, 6) is 0.612. The minimum atomic E-state index is -0.450. The number of para-hydroxylation sites is 1. The Hall–Kier alpha value is -3.81. The second kappa shape index (κ2) is 10.9.